The Hall–Kier alpha value is -2.36. The third-order valence-corrected chi connectivity index (χ3v) is 4.72. The summed E-state index contributed by atoms with van der Waals surface area (Å²) in [5, 5.41) is 3.35. The van der Waals surface area contributed by atoms with Crippen LogP contribution in [0.2, 0.25) is 0 Å². The van der Waals surface area contributed by atoms with Crippen LogP contribution >= 0.6 is 24.0 Å². The van der Waals surface area contributed by atoms with Gasteiger partial charge in [0.05, 0.1) is 28.4 Å². The zero-order valence-corrected chi connectivity index (χ0v) is 21.6. The average molecular weight is 543 g/mol. The van der Waals surface area contributed by atoms with Crippen molar-refractivity contribution in [2.75, 3.05) is 48.6 Å². The lowest BCUT2D eigenvalue weighted by atomic mass is 10.1. The van der Waals surface area contributed by atoms with E-state index in [4.69, 9.17) is 23.9 Å². The third kappa shape index (κ3) is 7.09. The molecule has 7 nitrogen and oxygen atoms in total. The van der Waals surface area contributed by atoms with E-state index in [1.807, 2.05) is 37.4 Å². The van der Waals surface area contributed by atoms with Crippen molar-refractivity contribution in [1.29, 1.82) is 0 Å². The van der Waals surface area contributed by atoms with Crippen LogP contribution in [-0.2, 0) is 13.0 Å². The van der Waals surface area contributed by atoms with Crippen LogP contribution in [0, 0.1) is 0 Å². The number of hydrogen-bond acceptors (Lipinski definition) is 5. The van der Waals surface area contributed by atoms with E-state index in [2.05, 4.69) is 23.2 Å². The van der Waals surface area contributed by atoms with Crippen molar-refractivity contribution in [3.63, 3.8) is 0 Å². The van der Waals surface area contributed by atoms with Crippen LogP contribution in [0.15, 0.2) is 41.4 Å². The summed E-state index contributed by atoms with van der Waals surface area (Å²) in [6.45, 7) is 4.14. The molecule has 0 spiro atoms. The summed E-state index contributed by atoms with van der Waals surface area (Å²) in [6, 6.07) is 11.9. The van der Waals surface area contributed by atoms with Crippen LogP contribution < -0.4 is 24.3 Å². The van der Waals surface area contributed by atoms with Gasteiger partial charge in [-0.3, -0.25) is 4.99 Å². The lowest BCUT2D eigenvalue weighted by Gasteiger charge is -2.23. The number of guanidine groups is 1. The summed E-state index contributed by atoms with van der Waals surface area (Å²) in [4.78, 5) is 6.89. The predicted octanol–water partition coefficient (Wildman–Crippen LogP) is 3.98. The van der Waals surface area contributed by atoms with Gasteiger partial charge in [0.1, 0.15) is 5.75 Å². The third-order valence-electron chi connectivity index (χ3n) is 4.72. The second-order valence-corrected chi connectivity index (χ2v) is 6.65. The number of rotatable bonds is 10. The molecular weight excluding hydrogens is 509 g/mol. The quantitative estimate of drug-likeness (QED) is 0.278. The van der Waals surface area contributed by atoms with Gasteiger partial charge < -0.3 is 29.2 Å². The normalized spacial score (nSPS) is 10.7. The van der Waals surface area contributed by atoms with E-state index in [0.29, 0.717) is 36.8 Å². The zero-order chi connectivity index (χ0) is 21.9. The van der Waals surface area contributed by atoms with Crippen LogP contribution in [0.5, 0.6) is 23.0 Å². The summed E-state index contributed by atoms with van der Waals surface area (Å²) >= 11 is 0. The lowest BCUT2D eigenvalue weighted by molar-refractivity contribution is 0.322. The molecule has 0 heterocycles. The highest BCUT2D eigenvalue weighted by molar-refractivity contribution is 14.0. The van der Waals surface area contributed by atoms with Crippen LogP contribution in [0.25, 0.3) is 0 Å². The van der Waals surface area contributed by atoms with Crippen LogP contribution in [-0.4, -0.2) is 59.4 Å². The fourth-order valence-corrected chi connectivity index (χ4v) is 3.28. The van der Waals surface area contributed by atoms with E-state index in [1.165, 1.54) is 0 Å². The number of halogens is 1. The topological polar surface area (TPSA) is 64.6 Å². The summed E-state index contributed by atoms with van der Waals surface area (Å²) in [5.74, 6) is 3.63. The Kier molecular flexibility index (Phi) is 11.9. The first kappa shape index (κ1) is 26.7. The number of ether oxygens (including phenoxy) is 4. The average Bonchev–Trinajstić information content (AvgIpc) is 2.78. The molecular formula is C23H34IN3O4. The first-order chi connectivity index (χ1) is 14.6. The number of methoxy groups -OCH3 is 4. The highest BCUT2D eigenvalue weighted by atomic mass is 127. The molecule has 0 aliphatic carbocycles. The maximum atomic E-state index is 5.57. The van der Waals surface area contributed by atoms with Gasteiger partial charge >= 0.3 is 0 Å². The summed E-state index contributed by atoms with van der Waals surface area (Å²) in [7, 11) is 8.56. The molecule has 172 valence electrons. The largest absolute Gasteiger partial charge is 0.496 e. The molecule has 8 heteroatoms. The minimum Gasteiger partial charge on any atom is -0.496 e. The monoisotopic (exact) mass is 543 g/mol. The number of nitrogens with zero attached hydrogens (tertiary/aromatic N) is 2. The van der Waals surface area contributed by atoms with Gasteiger partial charge in [-0.15, -0.1) is 24.0 Å². The smallest absolute Gasteiger partial charge is 0.203 e. The van der Waals surface area contributed by atoms with Crippen molar-refractivity contribution < 1.29 is 18.9 Å². The fourth-order valence-electron chi connectivity index (χ4n) is 3.28. The van der Waals surface area contributed by atoms with Crippen molar-refractivity contribution in [2.45, 2.75) is 19.9 Å². The zero-order valence-electron chi connectivity index (χ0n) is 19.2. The molecule has 2 aromatic carbocycles. The molecule has 0 aliphatic heterocycles. The number of aliphatic imine (C=N–C) groups is 1. The SMILES string of the molecule is CCNC(=NCCc1ccc(OC)c(OC)c1OC)N(C)Cc1ccccc1OC.I. The van der Waals surface area contributed by atoms with E-state index in [9.17, 15) is 0 Å². The van der Waals surface area contributed by atoms with Gasteiger partial charge in [-0.2, -0.15) is 0 Å². The second kappa shape index (κ2) is 13.8. The summed E-state index contributed by atoms with van der Waals surface area (Å²) < 4.78 is 21.9. The van der Waals surface area contributed by atoms with E-state index in [0.717, 1.165) is 29.4 Å². The number of hydrogen-bond donors (Lipinski definition) is 1. The van der Waals surface area contributed by atoms with E-state index in [1.54, 1.807) is 28.4 Å². The molecule has 0 fully saturated rings. The molecule has 0 atom stereocenters. The summed E-state index contributed by atoms with van der Waals surface area (Å²) in [5.41, 5.74) is 2.12. The number of para-hydroxylation sites is 1. The fraction of sp³-hybridized carbons (Fsp3) is 0.435. The Labute approximate surface area is 202 Å². The van der Waals surface area contributed by atoms with Crippen molar-refractivity contribution in [3.05, 3.63) is 47.5 Å². The Morgan fingerprint density at radius 3 is 2.16 bits per heavy atom. The highest BCUT2D eigenvalue weighted by Crippen LogP contribution is 2.39. The van der Waals surface area contributed by atoms with Crippen molar-refractivity contribution in [1.82, 2.24) is 10.2 Å². The molecule has 1 N–H and O–H groups in total. The van der Waals surface area contributed by atoms with Crippen molar-refractivity contribution >= 4 is 29.9 Å². The van der Waals surface area contributed by atoms with E-state index >= 15 is 0 Å². The van der Waals surface area contributed by atoms with Gasteiger partial charge in [-0.05, 0) is 25.5 Å². The summed E-state index contributed by atoms with van der Waals surface area (Å²) in [6.07, 6.45) is 0.709. The molecule has 0 amide bonds. The first-order valence-corrected chi connectivity index (χ1v) is 9.98. The minimum atomic E-state index is 0. The molecule has 2 rings (SSSR count). The van der Waals surface area contributed by atoms with Gasteiger partial charge in [0.2, 0.25) is 5.75 Å². The van der Waals surface area contributed by atoms with Gasteiger partial charge in [0.15, 0.2) is 17.5 Å². The predicted molar refractivity (Wildman–Crippen MR) is 136 cm³/mol. The van der Waals surface area contributed by atoms with Crippen molar-refractivity contribution in [3.8, 4) is 23.0 Å². The molecule has 31 heavy (non-hydrogen) atoms. The van der Waals surface area contributed by atoms with Gasteiger partial charge in [0, 0.05) is 37.8 Å². The Balaban J connectivity index is 0.00000480. The molecule has 0 aromatic heterocycles. The van der Waals surface area contributed by atoms with Gasteiger partial charge in [-0.25, -0.2) is 0 Å². The van der Waals surface area contributed by atoms with Gasteiger partial charge in [0.25, 0.3) is 0 Å². The highest BCUT2D eigenvalue weighted by Gasteiger charge is 2.16. The number of benzene rings is 2. The maximum Gasteiger partial charge on any atom is 0.203 e. The second-order valence-electron chi connectivity index (χ2n) is 6.65. The van der Waals surface area contributed by atoms with Crippen LogP contribution in [0.3, 0.4) is 0 Å². The lowest BCUT2D eigenvalue weighted by Crippen LogP contribution is -2.38. The molecule has 0 saturated carbocycles. The molecule has 0 aliphatic rings. The minimum absolute atomic E-state index is 0. The molecule has 0 radical (unpaired) electrons. The van der Waals surface area contributed by atoms with E-state index in [-0.39, 0.29) is 24.0 Å². The molecule has 0 unspecified atom stereocenters. The Bertz CT molecular complexity index is 846. The van der Waals surface area contributed by atoms with Crippen LogP contribution in [0.4, 0.5) is 0 Å². The van der Waals surface area contributed by atoms with E-state index < -0.39 is 0 Å². The molecule has 0 saturated heterocycles. The molecule has 0 bridgehead atoms. The standard InChI is InChI=1S/C23H33N3O4.HI/c1-7-24-23(26(2)16-18-10-8-9-11-19(18)27-3)25-15-14-17-12-13-20(28-4)22(30-6)21(17)29-5;/h8-13H,7,14-16H2,1-6H3,(H,24,25);1H. The van der Waals surface area contributed by atoms with Crippen LogP contribution in [0.1, 0.15) is 18.1 Å². The van der Waals surface area contributed by atoms with Gasteiger partial charge in [-0.1, -0.05) is 24.3 Å². The molecule has 2 aromatic rings. The first-order valence-electron chi connectivity index (χ1n) is 9.98. The Morgan fingerprint density at radius 1 is 0.871 bits per heavy atom. The number of nitrogens with one attached hydrogen (secondary N) is 1. The van der Waals surface area contributed by atoms with Crippen molar-refractivity contribution in [2.24, 2.45) is 4.99 Å². The Morgan fingerprint density at radius 2 is 1.55 bits per heavy atom. The maximum absolute atomic E-state index is 5.57.